The van der Waals surface area contributed by atoms with E-state index in [1.54, 1.807) is 0 Å². The minimum absolute atomic E-state index is 0.468. The normalized spacial score (nSPS) is 9.11. The molecule has 0 aromatic rings. The molecular formula is C3H5IN2S3. The van der Waals surface area contributed by atoms with Gasteiger partial charge in [-0.3, -0.25) is 10.8 Å². The zero-order valence-electron chi connectivity index (χ0n) is 4.60. The smallest absolute Gasteiger partial charge is 0.138 e. The third kappa shape index (κ3) is 5.56. The summed E-state index contributed by atoms with van der Waals surface area (Å²) < 4.78 is 0.944. The summed E-state index contributed by atoms with van der Waals surface area (Å²) in [6.45, 7) is 0. The van der Waals surface area contributed by atoms with Crippen molar-refractivity contribution >= 4 is 62.4 Å². The fourth-order valence-corrected chi connectivity index (χ4v) is 2.24. The maximum absolute atomic E-state index is 7.14. The van der Waals surface area contributed by atoms with Crippen molar-refractivity contribution in [2.24, 2.45) is 0 Å². The SMILES string of the molecule is CSC(=N)SC(=N)SI. The van der Waals surface area contributed by atoms with Crippen LogP contribution in [0.15, 0.2) is 0 Å². The zero-order chi connectivity index (χ0) is 7.28. The number of hydrogen-bond donors (Lipinski definition) is 2. The summed E-state index contributed by atoms with van der Waals surface area (Å²) in [5.74, 6) is 0. The molecule has 6 heteroatoms. The minimum atomic E-state index is 0.468. The second-order valence-corrected chi connectivity index (χ2v) is 5.20. The predicted octanol–water partition coefficient (Wildman–Crippen LogP) is 3.04. The summed E-state index contributed by atoms with van der Waals surface area (Å²) in [4.78, 5) is 0. The van der Waals surface area contributed by atoms with Crippen molar-refractivity contribution in [3.8, 4) is 0 Å². The summed E-state index contributed by atoms with van der Waals surface area (Å²) in [7, 11) is 1.33. The lowest BCUT2D eigenvalue weighted by Crippen LogP contribution is -1.84. The van der Waals surface area contributed by atoms with E-state index >= 15 is 0 Å². The number of halogens is 1. The van der Waals surface area contributed by atoms with Gasteiger partial charge in [-0.25, -0.2) is 0 Å². The van der Waals surface area contributed by atoms with Crippen molar-refractivity contribution < 1.29 is 0 Å². The zero-order valence-corrected chi connectivity index (χ0v) is 9.21. The fourth-order valence-electron chi connectivity index (χ4n) is 0.142. The van der Waals surface area contributed by atoms with Crippen LogP contribution in [0.3, 0.4) is 0 Å². The predicted molar refractivity (Wildman–Crippen MR) is 58.2 cm³/mol. The highest BCUT2D eigenvalue weighted by Gasteiger charge is 1.99. The van der Waals surface area contributed by atoms with Gasteiger partial charge in [0.25, 0.3) is 0 Å². The Bertz CT molecular complexity index is 112. The Morgan fingerprint density at radius 1 is 1.33 bits per heavy atom. The topological polar surface area (TPSA) is 47.7 Å². The van der Waals surface area contributed by atoms with Crippen LogP contribution in [0.25, 0.3) is 0 Å². The van der Waals surface area contributed by atoms with Crippen LogP contribution in [0.1, 0.15) is 0 Å². The highest BCUT2D eigenvalue weighted by atomic mass is 127. The van der Waals surface area contributed by atoms with E-state index in [2.05, 4.69) is 0 Å². The number of thioether (sulfide) groups is 2. The highest BCUT2D eigenvalue weighted by molar-refractivity contribution is 14.2. The van der Waals surface area contributed by atoms with Gasteiger partial charge in [-0.1, -0.05) is 0 Å². The Hall–Kier alpha value is 1.12. The van der Waals surface area contributed by atoms with Gasteiger partial charge in [-0.2, -0.15) is 0 Å². The van der Waals surface area contributed by atoms with E-state index < -0.39 is 0 Å². The summed E-state index contributed by atoms with van der Waals surface area (Å²) in [5, 5.41) is 14.3. The number of rotatable bonds is 0. The molecule has 0 heterocycles. The average Bonchev–Trinajstić information content (AvgIpc) is 1.87. The third-order valence-corrected chi connectivity index (χ3v) is 4.79. The van der Waals surface area contributed by atoms with Crippen molar-refractivity contribution in [1.82, 2.24) is 0 Å². The standard InChI is InChI=1S/C3H5IN2S3/c1-7-2(5)8-3(6)9-4/h5-6H,1H3. The molecule has 0 aliphatic rings. The van der Waals surface area contributed by atoms with Crippen molar-refractivity contribution in [1.29, 1.82) is 10.8 Å². The van der Waals surface area contributed by atoms with Crippen molar-refractivity contribution in [3.63, 3.8) is 0 Å². The minimum Gasteiger partial charge on any atom is -0.288 e. The molecule has 0 fully saturated rings. The Morgan fingerprint density at radius 3 is 2.22 bits per heavy atom. The maximum Gasteiger partial charge on any atom is 0.138 e. The van der Waals surface area contributed by atoms with E-state index in [9.17, 15) is 0 Å². The molecule has 2 nitrogen and oxygen atoms in total. The largest absolute Gasteiger partial charge is 0.288 e. The Kier molecular flexibility index (Phi) is 6.60. The fraction of sp³-hybridized carbons (Fsp3) is 0.333. The van der Waals surface area contributed by atoms with E-state index in [1.165, 1.54) is 32.5 Å². The average molecular weight is 292 g/mol. The molecule has 0 atom stereocenters. The van der Waals surface area contributed by atoms with Crippen LogP contribution in [0, 0.1) is 10.8 Å². The van der Waals surface area contributed by atoms with Crippen LogP contribution < -0.4 is 0 Å². The monoisotopic (exact) mass is 292 g/mol. The third-order valence-electron chi connectivity index (χ3n) is 0.441. The van der Waals surface area contributed by atoms with E-state index in [4.69, 9.17) is 10.8 Å². The summed E-state index contributed by atoms with van der Waals surface area (Å²) >= 11 is 4.57. The molecule has 0 aliphatic heterocycles. The lowest BCUT2D eigenvalue weighted by atomic mass is 11.6. The molecule has 0 aliphatic carbocycles. The molecule has 0 bridgehead atoms. The molecule has 0 spiro atoms. The molecule has 0 amide bonds. The van der Waals surface area contributed by atoms with Crippen molar-refractivity contribution in [2.45, 2.75) is 0 Å². The van der Waals surface area contributed by atoms with Crippen LogP contribution in [0.5, 0.6) is 0 Å². The molecule has 52 valence electrons. The molecule has 0 unspecified atom stereocenters. The van der Waals surface area contributed by atoms with Crippen LogP contribution in [0.4, 0.5) is 0 Å². The summed E-state index contributed by atoms with van der Waals surface area (Å²) in [6.07, 6.45) is 1.83. The Balaban J connectivity index is 3.47. The van der Waals surface area contributed by atoms with Crippen LogP contribution in [-0.4, -0.2) is 15.0 Å². The first-order valence-electron chi connectivity index (χ1n) is 1.88. The van der Waals surface area contributed by atoms with Crippen molar-refractivity contribution in [3.05, 3.63) is 0 Å². The van der Waals surface area contributed by atoms with Crippen LogP contribution in [0.2, 0.25) is 0 Å². The van der Waals surface area contributed by atoms with Gasteiger partial charge in [0.1, 0.15) is 8.75 Å². The van der Waals surface area contributed by atoms with Gasteiger partial charge in [0.05, 0.1) is 0 Å². The van der Waals surface area contributed by atoms with Gasteiger partial charge in [0.15, 0.2) is 0 Å². The first-order valence-corrected chi connectivity index (χ1v) is 7.28. The Labute approximate surface area is 78.9 Å². The second-order valence-electron chi connectivity index (χ2n) is 0.958. The summed E-state index contributed by atoms with van der Waals surface area (Å²) in [5.41, 5.74) is 0. The quantitative estimate of drug-likeness (QED) is 0.410. The molecule has 2 N–H and O–H groups in total. The molecular weight excluding hydrogens is 287 g/mol. The molecule has 0 saturated heterocycles. The van der Waals surface area contributed by atoms with Gasteiger partial charge >= 0.3 is 0 Å². The highest BCUT2D eigenvalue weighted by Crippen LogP contribution is 2.24. The molecule has 0 saturated carbocycles. The number of hydrogen-bond acceptors (Lipinski definition) is 5. The van der Waals surface area contributed by atoms with Gasteiger partial charge in [0.2, 0.25) is 0 Å². The van der Waals surface area contributed by atoms with E-state index in [1.807, 2.05) is 27.5 Å². The molecule has 0 radical (unpaired) electrons. The lowest BCUT2D eigenvalue weighted by molar-refractivity contribution is 1.59. The molecule has 0 aromatic heterocycles. The van der Waals surface area contributed by atoms with Gasteiger partial charge in [0, 0.05) is 21.2 Å². The van der Waals surface area contributed by atoms with Crippen LogP contribution in [-0.2, 0) is 0 Å². The molecule has 0 rings (SSSR count). The molecule has 0 aromatic carbocycles. The maximum atomic E-state index is 7.14. The van der Waals surface area contributed by atoms with Gasteiger partial charge in [-0.05, 0) is 27.0 Å². The van der Waals surface area contributed by atoms with Gasteiger partial charge < -0.3 is 0 Å². The van der Waals surface area contributed by atoms with E-state index in [0.29, 0.717) is 8.75 Å². The first kappa shape index (κ1) is 10.1. The first-order chi connectivity index (χ1) is 4.20. The van der Waals surface area contributed by atoms with E-state index in [-0.39, 0.29) is 0 Å². The number of nitrogens with one attached hydrogen (secondary N) is 2. The molecule has 9 heavy (non-hydrogen) atoms. The Morgan fingerprint density at radius 2 is 1.89 bits per heavy atom. The second kappa shape index (κ2) is 5.87. The summed E-state index contributed by atoms with van der Waals surface area (Å²) in [6, 6.07) is 0. The van der Waals surface area contributed by atoms with E-state index in [0.717, 1.165) is 0 Å². The lowest BCUT2D eigenvalue weighted by Gasteiger charge is -1.95. The van der Waals surface area contributed by atoms with Gasteiger partial charge in [-0.15, -0.1) is 11.8 Å². The van der Waals surface area contributed by atoms with Crippen molar-refractivity contribution in [2.75, 3.05) is 6.26 Å². The van der Waals surface area contributed by atoms with Crippen LogP contribution >= 0.6 is 53.7 Å².